The van der Waals surface area contributed by atoms with Crippen molar-refractivity contribution in [1.82, 2.24) is 97.5 Å². The first-order chi connectivity index (χ1) is 60.7. The molecule has 12 atom stereocenters. The van der Waals surface area contributed by atoms with Crippen LogP contribution in [0, 0.1) is 23.7 Å². The molecule has 0 saturated carbocycles. The molecule has 127 heavy (non-hydrogen) atoms. The van der Waals surface area contributed by atoms with E-state index in [0.717, 1.165) is 195 Å². The minimum atomic E-state index is 0.369. The summed E-state index contributed by atoms with van der Waals surface area (Å²) in [7, 11) is 2.27. The van der Waals surface area contributed by atoms with Gasteiger partial charge in [-0.25, -0.2) is 9.97 Å². The Kier molecular flexibility index (Phi) is 41.9. The summed E-state index contributed by atoms with van der Waals surface area (Å²) in [5, 5.41) is 0. The molecule has 2 amide bonds. The summed E-state index contributed by atoms with van der Waals surface area (Å²) in [5.74, 6) is 6.66. The predicted octanol–water partition coefficient (Wildman–Crippen LogP) is 13.0. The summed E-state index contributed by atoms with van der Waals surface area (Å²) in [6.07, 6.45) is 30.8. The van der Waals surface area contributed by atoms with Gasteiger partial charge in [-0.3, -0.25) is 68.4 Å². The molecular weight excluding hydrogens is 1580 g/mol. The molecule has 18 aliphatic rings. The van der Waals surface area contributed by atoms with Crippen molar-refractivity contribution in [3.05, 3.63) is 36.4 Å². The fourth-order valence-electron chi connectivity index (χ4n) is 23.9. The van der Waals surface area contributed by atoms with Crippen molar-refractivity contribution >= 4 is 11.8 Å². The molecule has 0 aromatic carbocycles. The third kappa shape index (κ3) is 30.4. The quantitative estimate of drug-likeness (QED) is 0.199. The Balaban J connectivity index is 0.000000137. The van der Waals surface area contributed by atoms with E-state index < -0.39 is 0 Å². The molecular formula is C103H194N20O4. The van der Waals surface area contributed by atoms with E-state index in [9.17, 15) is 9.59 Å². The molecule has 18 aliphatic heterocycles. The zero-order valence-corrected chi connectivity index (χ0v) is 85.8. The van der Waals surface area contributed by atoms with Gasteiger partial charge in [0, 0.05) is 310 Å². The van der Waals surface area contributed by atoms with Crippen molar-refractivity contribution in [2.24, 2.45) is 23.7 Å². The van der Waals surface area contributed by atoms with E-state index in [1.807, 2.05) is 12.4 Å². The summed E-state index contributed by atoms with van der Waals surface area (Å²) < 4.78 is 15.8. The topological polar surface area (TPSA) is 140 Å². The predicted molar refractivity (Wildman–Crippen MR) is 525 cm³/mol. The van der Waals surface area contributed by atoms with Crippen LogP contribution in [0.3, 0.4) is 0 Å². The molecule has 2 aromatic heterocycles. The highest BCUT2D eigenvalue weighted by molar-refractivity contribution is 5.79. The second-order valence-electron chi connectivity index (χ2n) is 44.8. The van der Waals surface area contributed by atoms with Gasteiger partial charge in [0.1, 0.15) is 11.6 Å². The van der Waals surface area contributed by atoms with Crippen LogP contribution in [0.25, 0.3) is 0 Å². The first-order valence-corrected chi connectivity index (χ1v) is 52.9. The highest BCUT2D eigenvalue weighted by atomic mass is 16.5. The Labute approximate surface area is 777 Å². The summed E-state index contributed by atoms with van der Waals surface area (Å²) in [4.78, 5) is 71.8. The van der Waals surface area contributed by atoms with Crippen LogP contribution in [0.1, 0.15) is 273 Å². The molecule has 0 aliphatic carbocycles. The van der Waals surface area contributed by atoms with Gasteiger partial charge in [0.05, 0.1) is 25.3 Å². The van der Waals surface area contributed by atoms with Crippen molar-refractivity contribution in [3.63, 3.8) is 0 Å². The summed E-state index contributed by atoms with van der Waals surface area (Å²) in [5.41, 5.74) is 0. The minimum Gasteiger partial charge on any atom is -0.378 e. The lowest BCUT2D eigenvalue weighted by Gasteiger charge is -2.46. The maximum absolute atomic E-state index is 11.4. The number of aromatic nitrogens is 4. The smallest absolute Gasteiger partial charge is 0.222 e. The summed E-state index contributed by atoms with van der Waals surface area (Å²) in [6.45, 7) is 88.3. The molecule has 12 unspecified atom stereocenters. The van der Waals surface area contributed by atoms with E-state index >= 15 is 0 Å². The molecule has 24 heteroatoms. The lowest BCUT2D eigenvalue weighted by molar-refractivity contribution is -0.131. The first kappa shape index (κ1) is 104. The van der Waals surface area contributed by atoms with Gasteiger partial charge >= 0.3 is 0 Å². The molecule has 20 rings (SSSR count). The van der Waals surface area contributed by atoms with E-state index in [1.54, 1.807) is 0 Å². The summed E-state index contributed by atoms with van der Waals surface area (Å²) >= 11 is 0. The lowest BCUT2D eigenvalue weighted by atomic mass is 9.93. The Morgan fingerprint density at radius 1 is 0.323 bits per heavy atom. The van der Waals surface area contributed by atoms with Gasteiger partial charge in [-0.1, -0.05) is 20.3 Å². The lowest BCUT2D eigenvalue weighted by Crippen LogP contribution is -2.57. The molecule has 16 saturated heterocycles. The number of piperidine rings is 3. The van der Waals surface area contributed by atoms with E-state index in [1.165, 1.54) is 213 Å². The van der Waals surface area contributed by atoms with Gasteiger partial charge in [-0.15, -0.1) is 0 Å². The molecule has 2 aromatic rings. The average Bonchev–Trinajstić information content (AvgIpc) is 1.30. The number of carbonyl (C=O) groups is 2. The fraction of sp³-hybridized carbons (Fsp3) is 0.922. The average molecular weight is 1780 g/mol. The van der Waals surface area contributed by atoms with Crippen LogP contribution in [0.2, 0.25) is 0 Å². The number of fused-ring (bicyclic) bond motifs is 10. The largest absolute Gasteiger partial charge is 0.378 e. The van der Waals surface area contributed by atoms with E-state index in [-0.39, 0.29) is 0 Å². The van der Waals surface area contributed by atoms with Crippen LogP contribution in [0.5, 0.6) is 0 Å². The third-order valence-electron chi connectivity index (χ3n) is 32.8. The number of imidazole rings is 2. The maximum atomic E-state index is 11.4. The van der Waals surface area contributed by atoms with Crippen LogP contribution in [0.4, 0.5) is 0 Å². The molecule has 0 N–H and O–H groups in total. The van der Waals surface area contributed by atoms with E-state index in [4.69, 9.17) is 9.47 Å². The second kappa shape index (κ2) is 51.1. The number of nitrogens with zero attached hydrogens (tertiary/aromatic N) is 20. The van der Waals surface area contributed by atoms with Crippen molar-refractivity contribution in [3.8, 4) is 0 Å². The van der Waals surface area contributed by atoms with Crippen molar-refractivity contribution in [2.45, 2.75) is 403 Å². The molecule has 16 fully saturated rings. The van der Waals surface area contributed by atoms with Gasteiger partial charge in [0.25, 0.3) is 0 Å². The van der Waals surface area contributed by atoms with Gasteiger partial charge in [0.2, 0.25) is 11.8 Å². The molecule has 24 nitrogen and oxygen atoms in total. The maximum Gasteiger partial charge on any atom is 0.222 e. The number of rotatable bonds is 12. The van der Waals surface area contributed by atoms with Crippen molar-refractivity contribution in [1.29, 1.82) is 0 Å². The number of hydrogen-bond acceptors (Lipinski definition) is 20. The van der Waals surface area contributed by atoms with Gasteiger partial charge in [-0.2, -0.15) is 0 Å². The third-order valence-corrected chi connectivity index (χ3v) is 32.8. The SMILES string of the molecule is CC(C)CC1CN(C(C)C)CC2CCCN21.CC(C)N1CC2CCN(C)C2C1.CC(C)N1CCC2CCOC2C1.CC(C)N1CCC2OCCC2C1.CC(C)N1CCN2C(=O)CCC2C1.CC(C)N1CCN2C(=O)CCC2C1.CC(C)N1CCN2CCCC2C1.CC(C)N1CCN2CCCCC2C1.CC(C)N1CCn2ccnc2C1.CC(C)N1CCn2ccnc2C1. The number of carbonyl (C=O) groups excluding carboxylic acids is 2. The highest BCUT2D eigenvalue weighted by Crippen LogP contribution is 2.36. The monoisotopic (exact) mass is 1780 g/mol. The molecule has 0 bridgehead atoms. The molecule has 20 heterocycles. The summed E-state index contributed by atoms with van der Waals surface area (Å²) in [6, 6.07) is 12.2. The first-order valence-electron chi connectivity index (χ1n) is 52.9. The van der Waals surface area contributed by atoms with Gasteiger partial charge < -0.3 is 38.2 Å². The van der Waals surface area contributed by atoms with Crippen LogP contribution < -0.4 is 0 Å². The molecule has 0 spiro atoms. The number of likely N-dealkylation sites (N-methyl/N-ethyl adjacent to an activating group) is 1. The molecule has 0 radical (unpaired) electrons. The number of hydrogen-bond donors (Lipinski definition) is 0. The Morgan fingerprint density at radius 3 is 1.23 bits per heavy atom. The van der Waals surface area contributed by atoms with Crippen LogP contribution in [-0.2, 0) is 45.2 Å². The fourth-order valence-corrected chi connectivity index (χ4v) is 23.9. The Bertz CT molecular complexity index is 3240. The van der Waals surface area contributed by atoms with E-state index in [2.05, 4.69) is 269 Å². The zero-order valence-electron chi connectivity index (χ0n) is 85.8. The van der Waals surface area contributed by atoms with Gasteiger partial charge in [-0.05, 0) is 286 Å². The van der Waals surface area contributed by atoms with Gasteiger partial charge in [0.15, 0.2) is 0 Å². The molecule has 730 valence electrons. The van der Waals surface area contributed by atoms with Crippen LogP contribution >= 0.6 is 0 Å². The van der Waals surface area contributed by atoms with Crippen LogP contribution in [0.15, 0.2) is 24.8 Å². The zero-order chi connectivity index (χ0) is 91.3. The Morgan fingerprint density at radius 2 is 0.724 bits per heavy atom. The van der Waals surface area contributed by atoms with E-state index in [0.29, 0.717) is 72.4 Å². The standard InChI is InChI=1S/C14H28N2.C11H22N2.2C10H18N2O.2C10H20N2.2C10H19NO.2C9H15N3/c1-11(2)8-14-10-15(12(3)4)9-13-6-5-7-16(13)14;1-10(2)13-8-7-12-6-4-3-5-11(12)9-13;2*1-8(2)11-5-6-12-9(7-11)3-4-10(12)13;1-8(2)12-6-9-4-5-11(3)10(9)7-12;1-9(2)12-7-6-11-5-3-4-10(11)8-12;1-8(2)11-5-3-10-9(7-11)4-6-12-10;1-8(2)11-5-3-9-4-6-12-10(9)7-11;2*1-8(2)12-6-5-11-4-3-10-9(11)7-12/h11-14H,5-10H2,1-4H3;10-11H,3-9H2,1-2H3;2*8-9H,3-7H2,1-2H3;8-10H,4-7H2,1-3H3;9-10H,3-8H2,1-2H3;2*8-10H,3-7H2,1-2H3;2*3-4,8H,5-7H2,1-2H3. The number of piperazine rings is 5. The van der Waals surface area contributed by atoms with Crippen molar-refractivity contribution in [2.75, 3.05) is 190 Å². The second-order valence-corrected chi connectivity index (χ2v) is 44.8. The number of likely N-dealkylation sites (tertiary alicyclic amines) is 4. The number of amides is 2. The van der Waals surface area contributed by atoms with Crippen LogP contribution in [-0.4, -0.2) is 415 Å². The number of ether oxygens (including phenoxy) is 2. The highest BCUT2D eigenvalue weighted by Gasteiger charge is 2.44. The minimum absolute atomic E-state index is 0.369. The Hall–Kier alpha value is -3.28. The normalized spacial score (nSPS) is 30.7. The van der Waals surface area contributed by atoms with Crippen molar-refractivity contribution < 1.29 is 19.1 Å².